The van der Waals surface area contributed by atoms with Gasteiger partial charge in [-0.1, -0.05) is 22.7 Å². The Morgan fingerprint density at radius 1 is 1.21 bits per heavy atom. The third-order valence-electron chi connectivity index (χ3n) is 4.03. The Balaban J connectivity index is 0.00000300. The molecule has 0 spiro atoms. The molecule has 3 aromatic rings. The van der Waals surface area contributed by atoms with E-state index in [-0.39, 0.29) is 23.3 Å². The van der Waals surface area contributed by atoms with Crippen molar-refractivity contribution >= 4 is 61.3 Å². The molecule has 2 aromatic heterocycles. The number of amides is 1. The van der Waals surface area contributed by atoms with Crippen LogP contribution in [0.15, 0.2) is 30.3 Å². The Morgan fingerprint density at radius 2 is 1.97 bits per heavy atom. The maximum absolute atomic E-state index is 13.1. The van der Waals surface area contributed by atoms with Gasteiger partial charge in [-0.25, -0.2) is 4.98 Å². The highest BCUT2D eigenvalue weighted by Crippen LogP contribution is 2.33. The van der Waals surface area contributed by atoms with Gasteiger partial charge in [-0.05, 0) is 45.3 Å². The van der Waals surface area contributed by atoms with Crippen LogP contribution in [-0.4, -0.2) is 55.0 Å². The van der Waals surface area contributed by atoms with Crippen LogP contribution >= 0.6 is 35.1 Å². The maximum atomic E-state index is 13.1. The zero-order valence-corrected chi connectivity index (χ0v) is 18.6. The summed E-state index contributed by atoms with van der Waals surface area (Å²) in [6, 6.07) is 8.45. The molecule has 0 fully saturated rings. The highest BCUT2D eigenvalue weighted by atomic mass is 35.5. The molecular weight excluding hydrogens is 436 g/mol. The van der Waals surface area contributed by atoms with Crippen molar-refractivity contribution in [2.24, 2.45) is 0 Å². The number of carbonyl (C=O) groups excluding carboxylic acids is 1. The number of nitrogens with zero attached hydrogens (tertiary/aromatic N) is 4. The SMILES string of the molecule is COc1ccc2sc(N(CCCN(C)C)C(=O)c3ccc([N+](=O)[O-])s3)nc2c1.Cl. The number of nitro groups is 1. The number of methoxy groups -OCH3 is 1. The number of fused-ring (bicyclic) bond motifs is 1. The number of thiophene rings is 1. The first-order chi connectivity index (χ1) is 13.4. The van der Waals surface area contributed by atoms with Crippen LogP contribution in [0, 0.1) is 10.1 Å². The number of benzene rings is 1. The molecule has 0 saturated carbocycles. The van der Waals surface area contributed by atoms with E-state index in [0.717, 1.165) is 34.5 Å². The minimum absolute atomic E-state index is 0. The number of halogens is 1. The van der Waals surface area contributed by atoms with E-state index < -0.39 is 4.92 Å². The summed E-state index contributed by atoms with van der Waals surface area (Å²) in [5.74, 6) is 0.423. The van der Waals surface area contributed by atoms with Crippen molar-refractivity contribution in [3.8, 4) is 5.75 Å². The van der Waals surface area contributed by atoms with Gasteiger partial charge in [-0.2, -0.15) is 0 Å². The molecule has 0 N–H and O–H groups in total. The standard InChI is InChI=1S/C18H20N4O4S2.ClH/c1-20(2)9-4-10-21(17(23)15-7-8-16(27-15)22(24)25)18-19-13-11-12(26-3)5-6-14(13)28-18;/h5-8,11H,4,9-10H2,1-3H3;1H. The van der Waals surface area contributed by atoms with Crippen molar-refractivity contribution in [2.45, 2.75) is 6.42 Å². The molecule has 0 aliphatic carbocycles. The average molecular weight is 457 g/mol. The Labute approximate surface area is 182 Å². The van der Waals surface area contributed by atoms with Crippen LogP contribution in [0.4, 0.5) is 10.1 Å². The summed E-state index contributed by atoms with van der Waals surface area (Å²) in [6.07, 6.45) is 0.755. The number of hydrogen-bond donors (Lipinski definition) is 0. The van der Waals surface area contributed by atoms with Crippen LogP contribution in [0.3, 0.4) is 0 Å². The smallest absolute Gasteiger partial charge is 0.324 e. The van der Waals surface area contributed by atoms with E-state index in [4.69, 9.17) is 4.74 Å². The van der Waals surface area contributed by atoms with Crippen molar-refractivity contribution in [2.75, 3.05) is 39.2 Å². The predicted octanol–water partition coefficient (Wildman–Crippen LogP) is 4.29. The number of thiazole rings is 1. The molecule has 0 unspecified atom stereocenters. The van der Waals surface area contributed by atoms with Gasteiger partial charge in [0.15, 0.2) is 5.13 Å². The lowest BCUT2D eigenvalue weighted by atomic mass is 10.3. The molecule has 0 atom stereocenters. The summed E-state index contributed by atoms with van der Waals surface area (Å²) in [7, 11) is 5.53. The molecule has 3 rings (SSSR count). The molecule has 156 valence electrons. The minimum atomic E-state index is -0.484. The van der Waals surface area contributed by atoms with Crippen molar-refractivity contribution in [3.63, 3.8) is 0 Å². The third kappa shape index (κ3) is 5.41. The van der Waals surface area contributed by atoms with Gasteiger partial charge in [0, 0.05) is 18.7 Å². The number of ether oxygens (including phenoxy) is 1. The summed E-state index contributed by atoms with van der Waals surface area (Å²) in [5, 5.41) is 11.5. The summed E-state index contributed by atoms with van der Waals surface area (Å²) < 4.78 is 6.18. The summed E-state index contributed by atoms with van der Waals surface area (Å²) >= 11 is 2.30. The molecule has 29 heavy (non-hydrogen) atoms. The highest BCUT2D eigenvalue weighted by molar-refractivity contribution is 7.22. The van der Waals surface area contributed by atoms with E-state index in [1.165, 1.54) is 23.5 Å². The van der Waals surface area contributed by atoms with Crippen molar-refractivity contribution < 1.29 is 14.5 Å². The average Bonchev–Trinajstić information content (AvgIpc) is 3.30. The van der Waals surface area contributed by atoms with Gasteiger partial charge in [0.05, 0.1) is 27.1 Å². The molecule has 0 saturated heterocycles. The number of hydrogen-bond acceptors (Lipinski definition) is 8. The first-order valence-corrected chi connectivity index (χ1v) is 10.2. The molecule has 0 radical (unpaired) electrons. The molecule has 0 aliphatic heterocycles. The molecule has 11 heteroatoms. The fraction of sp³-hybridized carbons (Fsp3) is 0.333. The summed E-state index contributed by atoms with van der Waals surface area (Å²) in [6.45, 7) is 1.28. The van der Waals surface area contributed by atoms with Crippen molar-refractivity contribution in [1.82, 2.24) is 9.88 Å². The van der Waals surface area contributed by atoms with Crippen molar-refractivity contribution in [3.05, 3.63) is 45.3 Å². The lowest BCUT2D eigenvalue weighted by Gasteiger charge is -2.20. The van der Waals surface area contributed by atoms with Crippen molar-refractivity contribution in [1.29, 1.82) is 0 Å². The molecule has 0 aliphatic rings. The van der Waals surface area contributed by atoms with Gasteiger partial charge in [-0.3, -0.25) is 19.8 Å². The van der Waals surface area contributed by atoms with Crippen LogP contribution in [0.25, 0.3) is 10.2 Å². The second-order valence-corrected chi connectivity index (χ2v) is 8.41. The van der Waals surface area contributed by atoms with Crippen LogP contribution in [0.1, 0.15) is 16.1 Å². The van der Waals surface area contributed by atoms with E-state index in [9.17, 15) is 14.9 Å². The molecule has 1 amide bonds. The first-order valence-electron chi connectivity index (χ1n) is 8.54. The Bertz CT molecular complexity index is 1000. The van der Waals surface area contributed by atoms with E-state index in [2.05, 4.69) is 4.98 Å². The fourth-order valence-electron chi connectivity index (χ4n) is 2.64. The molecule has 1 aromatic carbocycles. The molecule has 0 bridgehead atoms. The van der Waals surface area contributed by atoms with Crippen LogP contribution in [0.2, 0.25) is 0 Å². The van der Waals surface area contributed by atoms with Gasteiger partial charge in [-0.15, -0.1) is 12.4 Å². The minimum Gasteiger partial charge on any atom is -0.497 e. The number of rotatable bonds is 8. The fourth-order valence-corrected chi connectivity index (χ4v) is 4.38. The lowest BCUT2D eigenvalue weighted by Crippen LogP contribution is -2.32. The quantitative estimate of drug-likeness (QED) is 0.371. The van der Waals surface area contributed by atoms with E-state index >= 15 is 0 Å². The van der Waals surface area contributed by atoms with E-state index in [1.807, 2.05) is 37.2 Å². The second kappa shape index (κ2) is 9.97. The van der Waals surface area contributed by atoms with Crippen LogP contribution in [-0.2, 0) is 0 Å². The third-order valence-corrected chi connectivity index (χ3v) is 6.11. The lowest BCUT2D eigenvalue weighted by molar-refractivity contribution is -0.380. The van der Waals surface area contributed by atoms with Crippen LogP contribution in [0.5, 0.6) is 5.75 Å². The molecular formula is C18H21ClN4O4S2. The van der Waals surface area contributed by atoms with Crippen LogP contribution < -0.4 is 9.64 Å². The van der Waals surface area contributed by atoms with Gasteiger partial charge in [0.2, 0.25) is 0 Å². The first kappa shape index (κ1) is 23.0. The normalized spacial score (nSPS) is 10.8. The zero-order valence-electron chi connectivity index (χ0n) is 16.2. The predicted molar refractivity (Wildman–Crippen MR) is 119 cm³/mol. The molecule has 8 nitrogen and oxygen atoms in total. The number of aromatic nitrogens is 1. The largest absolute Gasteiger partial charge is 0.497 e. The summed E-state index contributed by atoms with van der Waals surface area (Å²) in [5.41, 5.74) is 0.752. The monoisotopic (exact) mass is 456 g/mol. The highest BCUT2D eigenvalue weighted by Gasteiger charge is 2.24. The van der Waals surface area contributed by atoms with E-state index in [1.54, 1.807) is 12.0 Å². The Morgan fingerprint density at radius 3 is 2.59 bits per heavy atom. The van der Waals surface area contributed by atoms with Gasteiger partial charge in [0.1, 0.15) is 5.75 Å². The zero-order chi connectivity index (χ0) is 20.3. The topological polar surface area (TPSA) is 88.8 Å². The number of carbonyl (C=O) groups is 1. The van der Waals surface area contributed by atoms with Gasteiger partial charge in [0.25, 0.3) is 5.91 Å². The second-order valence-electron chi connectivity index (χ2n) is 6.34. The maximum Gasteiger partial charge on any atom is 0.324 e. The number of anilines is 1. The Kier molecular flexibility index (Phi) is 7.91. The summed E-state index contributed by atoms with van der Waals surface area (Å²) in [4.78, 5) is 32.2. The van der Waals surface area contributed by atoms with Gasteiger partial charge >= 0.3 is 5.00 Å². The Hall–Kier alpha value is -2.27. The van der Waals surface area contributed by atoms with Gasteiger partial charge < -0.3 is 9.64 Å². The molecule has 2 heterocycles. The van der Waals surface area contributed by atoms with E-state index in [0.29, 0.717) is 22.3 Å².